The highest BCUT2D eigenvalue weighted by Crippen LogP contribution is 2.47. The second-order valence-electron chi connectivity index (χ2n) is 4.28. The minimum atomic E-state index is -0.671. The van der Waals surface area contributed by atoms with Crippen molar-refractivity contribution in [2.75, 3.05) is 38.8 Å². The summed E-state index contributed by atoms with van der Waals surface area (Å²) in [6.45, 7) is 1.42. The highest BCUT2D eigenvalue weighted by molar-refractivity contribution is 7.58. The maximum Gasteiger partial charge on any atom is 0.130 e. The Balaban J connectivity index is 1.92. The molecule has 1 atom stereocenters. The lowest BCUT2D eigenvalue weighted by molar-refractivity contribution is 0.0182. The molecule has 1 heterocycles. The molecule has 1 aromatic carbocycles. The Morgan fingerprint density at radius 3 is 2.81 bits per heavy atom. The molecule has 0 bridgehead atoms. The number of fused-ring (bicyclic) bond motifs is 1. The third kappa shape index (κ3) is 4.38. The van der Waals surface area contributed by atoms with Crippen LogP contribution in [-0.2, 0) is 20.8 Å². The predicted molar refractivity (Wildman–Crippen MR) is 85.2 cm³/mol. The number of aliphatic hydroxyl groups is 1. The number of anilines is 1. The van der Waals surface area contributed by atoms with E-state index >= 15 is 0 Å². The summed E-state index contributed by atoms with van der Waals surface area (Å²) in [7, 11) is 1.59. The number of nitrogens with zero attached hydrogens (tertiary/aromatic N) is 2. The number of benzene rings is 1. The molecule has 116 valence electrons. The van der Waals surface area contributed by atoms with Gasteiger partial charge in [0, 0.05) is 13.7 Å². The summed E-state index contributed by atoms with van der Waals surface area (Å²) >= 11 is 13.3. The van der Waals surface area contributed by atoms with Crippen molar-refractivity contribution >= 4 is 51.6 Å². The van der Waals surface area contributed by atoms with Crippen molar-refractivity contribution in [1.29, 1.82) is 0 Å². The summed E-state index contributed by atoms with van der Waals surface area (Å²) in [6.07, 6.45) is -0.671. The fourth-order valence-electron chi connectivity index (χ4n) is 1.68. The first-order valence-electron chi connectivity index (χ1n) is 6.22. The normalized spacial score (nSPS) is 13.9. The number of hydrogen-bond acceptors (Lipinski definition) is 6. The molecule has 0 spiro atoms. The molecule has 1 aliphatic heterocycles. The number of rotatable bonds is 8. The van der Waals surface area contributed by atoms with Crippen molar-refractivity contribution in [2.45, 2.75) is 6.10 Å². The SMILES string of the molecule is COCCOCC(O)CNc1c(Cl)cc(Cl)c2c1N=S=N2. The van der Waals surface area contributed by atoms with E-state index in [-0.39, 0.29) is 13.2 Å². The number of aliphatic hydroxyl groups excluding tert-OH is 1. The van der Waals surface area contributed by atoms with Crippen molar-refractivity contribution in [1.82, 2.24) is 0 Å². The van der Waals surface area contributed by atoms with E-state index in [9.17, 15) is 5.11 Å². The molecule has 0 fully saturated rings. The quantitative estimate of drug-likeness (QED) is 0.716. The molecule has 1 unspecified atom stereocenters. The van der Waals surface area contributed by atoms with Gasteiger partial charge in [-0.05, 0) is 6.07 Å². The molecule has 0 saturated carbocycles. The van der Waals surface area contributed by atoms with Crippen LogP contribution in [0.3, 0.4) is 0 Å². The largest absolute Gasteiger partial charge is 0.389 e. The molecular formula is C12H15Cl2N3O3S. The van der Waals surface area contributed by atoms with Crippen LogP contribution in [0.15, 0.2) is 14.8 Å². The molecule has 2 N–H and O–H groups in total. The van der Waals surface area contributed by atoms with Crippen LogP contribution in [-0.4, -0.2) is 44.7 Å². The molecule has 1 aliphatic rings. The summed E-state index contributed by atoms with van der Waals surface area (Å²) in [5.41, 5.74) is 1.81. The zero-order valence-electron chi connectivity index (χ0n) is 11.3. The summed E-state index contributed by atoms with van der Waals surface area (Å²) in [5.74, 6) is 0. The molecule has 0 amide bonds. The Bertz CT molecular complexity index is 579. The lowest BCUT2D eigenvalue weighted by Gasteiger charge is -2.15. The zero-order valence-corrected chi connectivity index (χ0v) is 13.6. The van der Waals surface area contributed by atoms with Crippen LogP contribution in [0.1, 0.15) is 0 Å². The zero-order chi connectivity index (χ0) is 15.2. The average molecular weight is 352 g/mol. The van der Waals surface area contributed by atoms with Crippen molar-refractivity contribution in [3.8, 4) is 0 Å². The number of halogens is 2. The summed E-state index contributed by atoms with van der Waals surface area (Å²) in [6, 6.07) is 1.61. The van der Waals surface area contributed by atoms with Crippen molar-refractivity contribution in [2.24, 2.45) is 8.73 Å². The highest BCUT2D eigenvalue weighted by Gasteiger charge is 2.19. The Kier molecular flexibility index (Phi) is 6.40. The van der Waals surface area contributed by atoms with E-state index in [4.69, 9.17) is 32.7 Å². The van der Waals surface area contributed by atoms with Crippen LogP contribution >= 0.6 is 23.2 Å². The van der Waals surface area contributed by atoms with Crippen LogP contribution in [0.25, 0.3) is 0 Å². The molecule has 0 radical (unpaired) electrons. The van der Waals surface area contributed by atoms with Crippen molar-refractivity contribution < 1.29 is 14.6 Å². The molecular weight excluding hydrogens is 337 g/mol. The summed E-state index contributed by atoms with van der Waals surface area (Å²) < 4.78 is 18.4. The number of methoxy groups -OCH3 is 1. The van der Waals surface area contributed by atoms with Gasteiger partial charge < -0.3 is 19.9 Å². The molecule has 9 heteroatoms. The number of nitrogens with one attached hydrogen (secondary N) is 1. The number of hydrogen-bond donors (Lipinski definition) is 2. The van der Waals surface area contributed by atoms with Gasteiger partial charge in [0.15, 0.2) is 0 Å². The predicted octanol–water partition coefficient (Wildman–Crippen LogP) is 3.16. The molecule has 1 aromatic rings. The van der Waals surface area contributed by atoms with E-state index in [0.717, 1.165) is 11.4 Å². The maximum atomic E-state index is 9.85. The number of ether oxygens (including phenoxy) is 2. The van der Waals surface area contributed by atoms with Crippen LogP contribution in [0, 0.1) is 0 Å². The van der Waals surface area contributed by atoms with Gasteiger partial charge in [0.1, 0.15) is 11.4 Å². The van der Waals surface area contributed by atoms with E-state index in [2.05, 4.69) is 14.0 Å². The Hall–Kier alpha value is -0.700. The third-order valence-corrected chi connectivity index (χ3v) is 3.81. The molecule has 21 heavy (non-hydrogen) atoms. The first-order chi connectivity index (χ1) is 10.1. The fourth-order valence-corrected chi connectivity index (χ4v) is 2.86. The van der Waals surface area contributed by atoms with Gasteiger partial charge in [-0.1, -0.05) is 23.2 Å². The van der Waals surface area contributed by atoms with Crippen LogP contribution < -0.4 is 5.32 Å². The first-order valence-corrected chi connectivity index (χ1v) is 7.71. The van der Waals surface area contributed by atoms with Gasteiger partial charge in [-0.25, -0.2) is 0 Å². The summed E-state index contributed by atoms with van der Waals surface area (Å²) in [5, 5.41) is 13.8. The van der Waals surface area contributed by atoms with Gasteiger partial charge >= 0.3 is 0 Å². The van der Waals surface area contributed by atoms with Crippen LogP contribution in [0.5, 0.6) is 0 Å². The van der Waals surface area contributed by atoms with Gasteiger partial charge in [0.25, 0.3) is 0 Å². The Morgan fingerprint density at radius 2 is 2.05 bits per heavy atom. The maximum absolute atomic E-state index is 9.85. The monoisotopic (exact) mass is 351 g/mol. The Morgan fingerprint density at radius 1 is 1.29 bits per heavy atom. The molecule has 6 nitrogen and oxygen atoms in total. The van der Waals surface area contributed by atoms with Crippen molar-refractivity contribution in [3.05, 3.63) is 16.1 Å². The lowest BCUT2D eigenvalue weighted by Crippen LogP contribution is -2.25. The standard InChI is InChI=1S/C12H15Cl2N3O3S/c1-19-2-3-20-6-7(18)5-15-10-8(13)4-9(14)11-12(10)17-21-16-11/h4,7,15,18H,2-3,5-6H2,1H3. The molecule has 0 saturated heterocycles. The Labute approximate surface area is 136 Å². The minimum Gasteiger partial charge on any atom is -0.389 e. The van der Waals surface area contributed by atoms with Crippen molar-refractivity contribution in [3.63, 3.8) is 0 Å². The van der Waals surface area contributed by atoms with E-state index < -0.39 is 6.10 Å². The molecule has 0 aliphatic carbocycles. The van der Waals surface area contributed by atoms with E-state index in [1.165, 1.54) is 0 Å². The fraction of sp³-hybridized carbons (Fsp3) is 0.500. The highest BCUT2D eigenvalue weighted by atomic mass is 35.5. The van der Waals surface area contributed by atoms with Gasteiger partial charge in [-0.3, -0.25) is 0 Å². The van der Waals surface area contributed by atoms with Crippen LogP contribution in [0.2, 0.25) is 10.0 Å². The topological polar surface area (TPSA) is 75.4 Å². The van der Waals surface area contributed by atoms with Gasteiger partial charge in [0.05, 0.1) is 53.0 Å². The second-order valence-corrected chi connectivity index (χ2v) is 5.62. The van der Waals surface area contributed by atoms with Gasteiger partial charge in [-0.2, -0.15) is 8.73 Å². The van der Waals surface area contributed by atoms with Gasteiger partial charge in [0.2, 0.25) is 0 Å². The van der Waals surface area contributed by atoms with E-state index in [0.29, 0.717) is 40.3 Å². The molecule has 2 rings (SSSR count). The van der Waals surface area contributed by atoms with E-state index in [1.54, 1.807) is 13.2 Å². The summed E-state index contributed by atoms with van der Waals surface area (Å²) in [4.78, 5) is 0. The van der Waals surface area contributed by atoms with Crippen LogP contribution in [0.4, 0.5) is 17.1 Å². The van der Waals surface area contributed by atoms with E-state index in [1.807, 2.05) is 0 Å². The average Bonchev–Trinajstić information content (AvgIpc) is 2.93. The lowest BCUT2D eigenvalue weighted by atomic mass is 10.2. The minimum absolute atomic E-state index is 0.208. The smallest absolute Gasteiger partial charge is 0.130 e. The first kappa shape index (κ1) is 16.7. The second kappa shape index (κ2) is 8.07. The van der Waals surface area contributed by atoms with Gasteiger partial charge in [-0.15, -0.1) is 0 Å². The third-order valence-electron chi connectivity index (χ3n) is 2.70. The molecule has 0 aromatic heterocycles.